The highest BCUT2D eigenvalue weighted by Gasteiger charge is 2.22. The SMILES string of the molecule is CCCCc1noc(CSc2nnc(NC3CC3)s2)n1. The zero-order chi connectivity index (χ0) is 13.8. The van der Waals surface area contributed by atoms with Gasteiger partial charge < -0.3 is 9.84 Å². The van der Waals surface area contributed by atoms with Crippen molar-refractivity contribution in [1.82, 2.24) is 20.3 Å². The van der Waals surface area contributed by atoms with Crippen LogP contribution in [0.5, 0.6) is 0 Å². The highest BCUT2D eigenvalue weighted by molar-refractivity contribution is 8.00. The first-order chi connectivity index (χ1) is 9.83. The van der Waals surface area contributed by atoms with Crippen molar-refractivity contribution in [1.29, 1.82) is 0 Å². The number of hydrogen-bond acceptors (Lipinski definition) is 8. The second-order valence-electron chi connectivity index (χ2n) is 4.79. The molecule has 3 rings (SSSR count). The summed E-state index contributed by atoms with van der Waals surface area (Å²) in [7, 11) is 0. The maximum atomic E-state index is 5.22. The summed E-state index contributed by atoms with van der Waals surface area (Å²) in [4.78, 5) is 4.37. The van der Waals surface area contributed by atoms with Gasteiger partial charge in [0.1, 0.15) is 0 Å². The van der Waals surface area contributed by atoms with Gasteiger partial charge in [-0.1, -0.05) is 41.6 Å². The van der Waals surface area contributed by atoms with Gasteiger partial charge in [0.25, 0.3) is 0 Å². The van der Waals surface area contributed by atoms with Crippen LogP contribution in [-0.2, 0) is 12.2 Å². The molecule has 2 aromatic rings. The number of hydrogen-bond donors (Lipinski definition) is 1. The van der Waals surface area contributed by atoms with E-state index in [2.05, 4.69) is 32.6 Å². The fourth-order valence-corrected chi connectivity index (χ4v) is 3.30. The van der Waals surface area contributed by atoms with Gasteiger partial charge in [-0.3, -0.25) is 0 Å². The van der Waals surface area contributed by atoms with E-state index in [4.69, 9.17) is 4.52 Å². The summed E-state index contributed by atoms with van der Waals surface area (Å²) in [5.74, 6) is 2.11. The van der Waals surface area contributed by atoms with Gasteiger partial charge in [0, 0.05) is 12.5 Å². The van der Waals surface area contributed by atoms with E-state index in [1.807, 2.05) is 0 Å². The Morgan fingerprint density at radius 3 is 3.10 bits per heavy atom. The molecular weight excluding hydrogens is 294 g/mol. The molecule has 0 spiro atoms. The standard InChI is InChI=1S/C12H17N5OS2/c1-2-3-4-9-14-10(18-17-9)7-19-12-16-15-11(20-12)13-8-5-6-8/h8H,2-7H2,1H3,(H,13,15). The Hall–Kier alpha value is -1.15. The van der Waals surface area contributed by atoms with Crippen LogP contribution in [-0.4, -0.2) is 26.4 Å². The number of aromatic nitrogens is 4. The molecule has 0 aliphatic heterocycles. The Labute approximate surface area is 125 Å². The van der Waals surface area contributed by atoms with E-state index in [0.29, 0.717) is 17.7 Å². The summed E-state index contributed by atoms with van der Waals surface area (Å²) in [5, 5.41) is 16.5. The van der Waals surface area contributed by atoms with Gasteiger partial charge in [-0.2, -0.15) is 4.98 Å². The van der Waals surface area contributed by atoms with Crippen LogP contribution in [0.2, 0.25) is 0 Å². The van der Waals surface area contributed by atoms with Crippen LogP contribution in [0.25, 0.3) is 0 Å². The van der Waals surface area contributed by atoms with Gasteiger partial charge >= 0.3 is 0 Å². The highest BCUT2D eigenvalue weighted by Crippen LogP contribution is 2.31. The van der Waals surface area contributed by atoms with Crippen molar-refractivity contribution < 1.29 is 4.52 Å². The first kappa shape index (κ1) is 13.8. The molecule has 0 saturated heterocycles. The fourth-order valence-electron chi connectivity index (χ4n) is 1.64. The molecular formula is C12H17N5OS2. The summed E-state index contributed by atoms with van der Waals surface area (Å²) < 4.78 is 6.16. The van der Waals surface area contributed by atoms with E-state index >= 15 is 0 Å². The lowest BCUT2D eigenvalue weighted by Gasteiger charge is -1.94. The van der Waals surface area contributed by atoms with Crippen molar-refractivity contribution in [2.45, 2.75) is 55.2 Å². The van der Waals surface area contributed by atoms with Crippen LogP contribution in [0.1, 0.15) is 44.3 Å². The number of nitrogens with one attached hydrogen (secondary N) is 1. The van der Waals surface area contributed by atoms with Gasteiger partial charge in [-0.25, -0.2) is 0 Å². The van der Waals surface area contributed by atoms with Crippen molar-refractivity contribution in [3.05, 3.63) is 11.7 Å². The molecule has 0 aromatic carbocycles. The van der Waals surface area contributed by atoms with E-state index < -0.39 is 0 Å². The van der Waals surface area contributed by atoms with E-state index in [1.165, 1.54) is 12.8 Å². The molecule has 1 N–H and O–H groups in total. The molecule has 0 unspecified atom stereocenters. The molecule has 108 valence electrons. The van der Waals surface area contributed by atoms with Crippen molar-refractivity contribution in [2.75, 3.05) is 5.32 Å². The minimum absolute atomic E-state index is 0.609. The highest BCUT2D eigenvalue weighted by atomic mass is 32.2. The van der Waals surface area contributed by atoms with E-state index in [9.17, 15) is 0 Å². The predicted molar refractivity (Wildman–Crippen MR) is 79.0 cm³/mol. The maximum absolute atomic E-state index is 5.22. The average molecular weight is 311 g/mol. The second-order valence-corrected chi connectivity index (χ2v) is 6.99. The van der Waals surface area contributed by atoms with Crippen molar-refractivity contribution in [2.24, 2.45) is 0 Å². The summed E-state index contributed by atoms with van der Waals surface area (Å²) >= 11 is 3.17. The van der Waals surface area contributed by atoms with Crippen LogP contribution in [0.3, 0.4) is 0 Å². The Bertz CT molecular complexity index is 552. The topological polar surface area (TPSA) is 76.7 Å². The van der Waals surface area contributed by atoms with Crippen LogP contribution in [0, 0.1) is 0 Å². The summed E-state index contributed by atoms with van der Waals surface area (Å²) in [6, 6.07) is 0.609. The molecule has 0 atom stereocenters. The molecule has 1 aliphatic carbocycles. The fraction of sp³-hybridized carbons (Fsp3) is 0.667. The molecule has 6 nitrogen and oxygen atoms in total. The Balaban J connectivity index is 1.48. The first-order valence-corrected chi connectivity index (χ1v) is 8.68. The molecule has 2 aromatic heterocycles. The largest absolute Gasteiger partial charge is 0.357 e. The average Bonchev–Trinajstić information content (AvgIpc) is 2.98. The third kappa shape index (κ3) is 3.92. The minimum atomic E-state index is 0.609. The smallest absolute Gasteiger partial charge is 0.237 e. The molecule has 1 aliphatic rings. The van der Waals surface area contributed by atoms with E-state index in [-0.39, 0.29) is 0 Å². The minimum Gasteiger partial charge on any atom is -0.357 e. The van der Waals surface area contributed by atoms with Crippen LogP contribution in [0.4, 0.5) is 5.13 Å². The van der Waals surface area contributed by atoms with E-state index in [1.54, 1.807) is 23.1 Å². The lowest BCUT2D eigenvalue weighted by atomic mass is 10.2. The van der Waals surface area contributed by atoms with Crippen molar-refractivity contribution in [3.8, 4) is 0 Å². The van der Waals surface area contributed by atoms with Gasteiger partial charge in [0.05, 0.1) is 5.75 Å². The lowest BCUT2D eigenvalue weighted by molar-refractivity contribution is 0.384. The second kappa shape index (κ2) is 6.53. The molecule has 0 radical (unpaired) electrons. The first-order valence-electron chi connectivity index (χ1n) is 6.88. The number of unbranched alkanes of at least 4 members (excludes halogenated alkanes) is 1. The zero-order valence-electron chi connectivity index (χ0n) is 11.3. The van der Waals surface area contributed by atoms with Crippen molar-refractivity contribution >= 4 is 28.2 Å². The predicted octanol–water partition coefficient (Wildman–Crippen LogP) is 3.13. The molecule has 2 heterocycles. The number of aryl methyl sites for hydroxylation is 1. The summed E-state index contributed by atoms with van der Waals surface area (Å²) in [5.41, 5.74) is 0. The van der Waals surface area contributed by atoms with Crippen LogP contribution >= 0.6 is 23.1 Å². The van der Waals surface area contributed by atoms with Gasteiger partial charge in [-0.05, 0) is 19.3 Å². The number of rotatable bonds is 8. The Kier molecular flexibility index (Phi) is 4.51. The van der Waals surface area contributed by atoms with Gasteiger partial charge in [0.15, 0.2) is 10.2 Å². The molecule has 20 heavy (non-hydrogen) atoms. The van der Waals surface area contributed by atoms with Gasteiger partial charge in [-0.15, -0.1) is 10.2 Å². The molecule has 1 fully saturated rings. The summed E-state index contributed by atoms with van der Waals surface area (Å²) in [6.07, 6.45) is 5.60. The molecule has 1 saturated carbocycles. The van der Waals surface area contributed by atoms with Crippen LogP contribution in [0.15, 0.2) is 8.86 Å². The number of thioether (sulfide) groups is 1. The molecule has 0 bridgehead atoms. The molecule has 8 heteroatoms. The zero-order valence-corrected chi connectivity index (χ0v) is 13.0. The lowest BCUT2D eigenvalue weighted by Crippen LogP contribution is -1.99. The third-order valence-electron chi connectivity index (χ3n) is 2.89. The molecule has 0 amide bonds. The van der Waals surface area contributed by atoms with E-state index in [0.717, 1.165) is 34.6 Å². The summed E-state index contributed by atoms with van der Waals surface area (Å²) in [6.45, 7) is 2.15. The van der Waals surface area contributed by atoms with Gasteiger partial charge in [0.2, 0.25) is 11.0 Å². The van der Waals surface area contributed by atoms with Crippen molar-refractivity contribution in [3.63, 3.8) is 0 Å². The Morgan fingerprint density at radius 1 is 1.40 bits per heavy atom. The Morgan fingerprint density at radius 2 is 2.30 bits per heavy atom. The quantitative estimate of drug-likeness (QED) is 0.750. The van der Waals surface area contributed by atoms with Crippen LogP contribution < -0.4 is 5.32 Å². The normalized spacial score (nSPS) is 14.7. The number of anilines is 1. The number of nitrogens with zero attached hydrogens (tertiary/aromatic N) is 4. The monoisotopic (exact) mass is 311 g/mol. The maximum Gasteiger partial charge on any atom is 0.237 e. The third-order valence-corrected chi connectivity index (χ3v) is 4.87.